The van der Waals surface area contributed by atoms with E-state index in [1.54, 1.807) is 25.2 Å². The quantitative estimate of drug-likeness (QED) is 0.243. The number of aliphatic imine (C=N–C) groups is 1. The first kappa shape index (κ1) is 26.8. The van der Waals surface area contributed by atoms with Crippen LogP contribution in [0.25, 0.3) is 0 Å². The molecule has 2 aromatic carbocycles. The van der Waals surface area contributed by atoms with Gasteiger partial charge < -0.3 is 20.1 Å². The van der Waals surface area contributed by atoms with E-state index in [2.05, 4.69) is 20.4 Å². The number of ether oxygens (including phenoxy) is 2. The maximum absolute atomic E-state index is 12.6. The molecule has 172 valence electrons. The zero-order valence-corrected chi connectivity index (χ0v) is 20.1. The van der Waals surface area contributed by atoms with Gasteiger partial charge in [0.1, 0.15) is 11.5 Å². The molecule has 31 heavy (non-hydrogen) atoms. The molecular formula is C19H25F2IN4O4S. The lowest BCUT2D eigenvalue weighted by Crippen LogP contribution is -2.38. The molecule has 0 heterocycles. The van der Waals surface area contributed by atoms with Crippen molar-refractivity contribution in [3.8, 4) is 11.5 Å². The number of alkyl halides is 2. The molecule has 0 bridgehead atoms. The van der Waals surface area contributed by atoms with Crippen LogP contribution in [0, 0.1) is 0 Å². The Morgan fingerprint density at radius 3 is 2.39 bits per heavy atom. The van der Waals surface area contributed by atoms with Gasteiger partial charge in [-0.25, -0.2) is 13.6 Å². The average molecular weight is 570 g/mol. The summed E-state index contributed by atoms with van der Waals surface area (Å²) in [6, 6.07) is 10.8. The minimum atomic E-state index is -3.72. The second-order valence-corrected chi connectivity index (χ2v) is 7.71. The number of halogens is 3. The number of benzene rings is 2. The van der Waals surface area contributed by atoms with E-state index in [-0.39, 0.29) is 41.2 Å². The number of rotatable bonds is 9. The van der Waals surface area contributed by atoms with Gasteiger partial charge in [0.25, 0.3) is 0 Å². The zero-order chi connectivity index (χ0) is 22.1. The second kappa shape index (κ2) is 12.6. The molecule has 0 radical (unpaired) electrons. The molecule has 0 aliphatic rings. The van der Waals surface area contributed by atoms with Crippen LogP contribution in [0.2, 0.25) is 0 Å². The van der Waals surface area contributed by atoms with Crippen LogP contribution in [0.4, 0.5) is 8.78 Å². The number of primary sulfonamides is 1. The highest BCUT2D eigenvalue weighted by atomic mass is 127. The van der Waals surface area contributed by atoms with Crippen molar-refractivity contribution in [2.24, 2.45) is 10.1 Å². The molecule has 0 unspecified atom stereocenters. The van der Waals surface area contributed by atoms with Gasteiger partial charge in [0, 0.05) is 25.7 Å². The maximum atomic E-state index is 12.6. The molecule has 12 heteroatoms. The number of nitrogens with one attached hydrogen (secondary N) is 2. The van der Waals surface area contributed by atoms with Gasteiger partial charge in [0.15, 0.2) is 5.96 Å². The second-order valence-electron chi connectivity index (χ2n) is 6.14. The van der Waals surface area contributed by atoms with E-state index in [1.807, 2.05) is 0 Å². The largest absolute Gasteiger partial charge is 0.497 e. The van der Waals surface area contributed by atoms with Gasteiger partial charge in [-0.1, -0.05) is 12.1 Å². The highest BCUT2D eigenvalue weighted by Crippen LogP contribution is 2.25. The molecule has 8 nitrogen and oxygen atoms in total. The van der Waals surface area contributed by atoms with Gasteiger partial charge in [-0.3, -0.25) is 4.99 Å². The predicted octanol–water partition coefficient (Wildman–Crippen LogP) is 2.47. The van der Waals surface area contributed by atoms with Gasteiger partial charge in [-0.15, -0.1) is 24.0 Å². The van der Waals surface area contributed by atoms with E-state index >= 15 is 0 Å². The third-order valence-electron chi connectivity index (χ3n) is 4.11. The Balaban J connectivity index is 0.00000480. The van der Waals surface area contributed by atoms with Crippen LogP contribution in [-0.2, 0) is 23.0 Å². The molecule has 0 spiro atoms. The molecule has 2 rings (SSSR count). The smallest absolute Gasteiger partial charge is 0.387 e. The Hall–Kier alpha value is -2.19. The van der Waals surface area contributed by atoms with Crippen LogP contribution in [0.1, 0.15) is 11.1 Å². The van der Waals surface area contributed by atoms with Crippen LogP contribution in [0.5, 0.6) is 11.5 Å². The molecule has 0 atom stereocenters. The normalized spacial score (nSPS) is 11.6. The van der Waals surface area contributed by atoms with E-state index in [0.717, 1.165) is 5.56 Å². The van der Waals surface area contributed by atoms with Gasteiger partial charge in [-0.2, -0.15) is 8.78 Å². The lowest BCUT2D eigenvalue weighted by Gasteiger charge is -2.15. The topological polar surface area (TPSA) is 115 Å². The van der Waals surface area contributed by atoms with Crippen LogP contribution in [0.3, 0.4) is 0 Å². The van der Waals surface area contributed by atoms with Crippen molar-refractivity contribution >= 4 is 40.0 Å². The van der Waals surface area contributed by atoms with Crippen LogP contribution < -0.4 is 25.2 Å². The van der Waals surface area contributed by atoms with E-state index < -0.39 is 16.6 Å². The summed E-state index contributed by atoms with van der Waals surface area (Å²) in [5, 5.41) is 11.2. The van der Waals surface area contributed by atoms with E-state index in [9.17, 15) is 17.2 Å². The number of nitrogens with zero attached hydrogens (tertiary/aromatic N) is 1. The first-order chi connectivity index (χ1) is 14.2. The number of nitrogens with two attached hydrogens (primary N) is 1. The zero-order valence-electron chi connectivity index (χ0n) is 17.0. The summed E-state index contributed by atoms with van der Waals surface area (Å²) in [5.41, 5.74) is 1.39. The summed E-state index contributed by atoms with van der Waals surface area (Å²) in [6.07, 6.45) is 0.602. The summed E-state index contributed by atoms with van der Waals surface area (Å²) >= 11 is 0. The van der Waals surface area contributed by atoms with Crippen molar-refractivity contribution in [1.82, 2.24) is 10.6 Å². The molecule has 0 saturated heterocycles. The van der Waals surface area contributed by atoms with Gasteiger partial charge >= 0.3 is 6.61 Å². The van der Waals surface area contributed by atoms with Crippen molar-refractivity contribution in [3.63, 3.8) is 0 Å². The van der Waals surface area contributed by atoms with Crippen molar-refractivity contribution < 1.29 is 26.7 Å². The fourth-order valence-corrected chi connectivity index (χ4v) is 3.12. The van der Waals surface area contributed by atoms with Crippen molar-refractivity contribution in [1.29, 1.82) is 0 Å². The molecule has 0 saturated carbocycles. The number of hydrogen-bond donors (Lipinski definition) is 3. The van der Waals surface area contributed by atoms with Gasteiger partial charge in [0.2, 0.25) is 10.0 Å². The SMILES string of the molecule is CN=C(NCCc1ccc(S(N)(=O)=O)cc1)NCc1cc(OC)ccc1OC(F)F.I. The lowest BCUT2D eigenvalue weighted by atomic mass is 10.1. The van der Waals surface area contributed by atoms with Crippen molar-refractivity contribution in [2.45, 2.75) is 24.5 Å². The number of sulfonamides is 1. The van der Waals surface area contributed by atoms with Crippen LogP contribution >= 0.6 is 24.0 Å². The minimum Gasteiger partial charge on any atom is -0.497 e. The lowest BCUT2D eigenvalue weighted by molar-refractivity contribution is -0.0505. The van der Waals surface area contributed by atoms with Crippen molar-refractivity contribution in [2.75, 3.05) is 20.7 Å². The molecule has 0 aromatic heterocycles. The monoisotopic (exact) mass is 570 g/mol. The molecule has 0 fully saturated rings. The molecular weight excluding hydrogens is 545 g/mol. The van der Waals surface area contributed by atoms with Crippen LogP contribution in [-0.4, -0.2) is 41.7 Å². The Bertz CT molecular complexity index is 973. The fraction of sp³-hybridized carbons (Fsp3) is 0.316. The van der Waals surface area contributed by atoms with Crippen LogP contribution in [0.15, 0.2) is 52.4 Å². The third kappa shape index (κ3) is 8.83. The molecule has 0 amide bonds. The Morgan fingerprint density at radius 1 is 1.16 bits per heavy atom. The summed E-state index contributed by atoms with van der Waals surface area (Å²) in [4.78, 5) is 4.14. The molecule has 0 aliphatic heterocycles. The first-order valence-electron chi connectivity index (χ1n) is 8.91. The summed E-state index contributed by atoms with van der Waals surface area (Å²) in [6.45, 7) is -2.25. The highest BCUT2D eigenvalue weighted by molar-refractivity contribution is 14.0. The van der Waals surface area contributed by atoms with Crippen molar-refractivity contribution in [3.05, 3.63) is 53.6 Å². The molecule has 4 N–H and O–H groups in total. The molecule has 0 aliphatic carbocycles. The summed E-state index contributed by atoms with van der Waals surface area (Å²) < 4.78 is 57.5. The Morgan fingerprint density at radius 2 is 1.84 bits per heavy atom. The summed E-state index contributed by atoms with van der Waals surface area (Å²) in [5.74, 6) is 1.02. The number of hydrogen-bond acceptors (Lipinski definition) is 5. The average Bonchev–Trinajstić information content (AvgIpc) is 2.70. The molecule has 2 aromatic rings. The summed E-state index contributed by atoms with van der Waals surface area (Å²) in [7, 11) is -0.654. The Labute approximate surface area is 197 Å². The predicted molar refractivity (Wildman–Crippen MR) is 125 cm³/mol. The Kier molecular flexibility index (Phi) is 10.9. The van der Waals surface area contributed by atoms with Gasteiger partial charge in [0.05, 0.1) is 12.0 Å². The maximum Gasteiger partial charge on any atom is 0.387 e. The first-order valence-corrected chi connectivity index (χ1v) is 10.5. The number of guanidine groups is 1. The number of methoxy groups -OCH3 is 1. The highest BCUT2D eigenvalue weighted by Gasteiger charge is 2.12. The van der Waals surface area contributed by atoms with E-state index in [0.29, 0.717) is 30.2 Å². The van der Waals surface area contributed by atoms with E-state index in [4.69, 9.17) is 9.88 Å². The third-order valence-corrected chi connectivity index (χ3v) is 5.04. The van der Waals surface area contributed by atoms with E-state index in [1.165, 1.54) is 31.4 Å². The van der Waals surface area contributed by atoms with Gasteiger partial charge in [-0.05, 0) is 42.3 Å². The fourth-order valence-electron chi connectivity index (χ4n) is 2.60. The standard InChI is InChI=1S/C19H24F2N4O4S.HI/c1-23-19(24-10-9-13-3-6-16(7-4-13)30(22,26)27)25-12-14-11-15(28-2)5-8-17(14)29-18(20)21;/h3-8,11,18H,9-10,12H2,1-2H3,(H2,22,26,27)(H2,23,24,25);1H. The minimum absolute atomic E-state index is 0.